The third-order valence-electron chi connectivity index (χ3n) is 4.70. The van der Waals surface area contributed by atoms with Crippen LogP contribution in [0.2, 0.25) is 0 Å². The summed E-state index contributed by atoms with van der Waals surface area (Å²) >= 11 is 0. The van der Waals surface area contributed by atoms with Gasteiger partial charge in [0.2, 0.25) is 5.91 Å². The van der Waals surface area contributed by atoms with Crippen LogP contribution < -0.4 is 10.6 Å². The highest BCUT2D eigenvalue weighted by molar-refractivity contribution is 6.07. The monoisotopic (exact) mass is 330 g/mol. The number of anilines is 1. The maximum Gasteiger partial charge on any atom is 0.324 e. The first-order chi connectivity index (χ1) is 11.4. The predicted molar refractivity (Wildman–Crippen MR) is 89.5 cm³/mol. The van der Waals surface area contributed by atoms with Crippen molar-refractivity contribution in [2.45, 2.75) is 25.3 Å². The van der Waals surface area contributed by atoms with E-state index in [9.17, 15) is 14.4 Å². The van der Waals surface area contributed by atoms with Crippen LogP contribution in [0.1, 0.15) is 18.9 Å². The van der Waals surface area contributed by atoms with Crippen LogP contribution in [0.3, 0.4) is 0 Å². The van der Waals surface area contributed by atoms with E-state index >= 15 is 0 Å². The number of hydrogen-bond acceptors (Lipinski definition) is 4. The number of aryl methyl sites for hydroxylation is 1. The molecule has 1 atom stereocenters. The average Bonchev–Trinajstić information content (AvgIpc) is 3.05. The van der Waals surface area contributed by atoms with Crippen LogP contribution >= 0.6 is 0 Å². The highest BCUT2D eigenvalue weighted by Gasteiger charge is 2.53. The van der Waals surface area contributed by atoms with Crippen LogP contribution in [0.5, 0.6) is 0 Å². The Hall–Kier alpha value is -2.41. The van der Waals surface area contributed by atoms with Gasteiger partial charge in [0.1, 0.15) is 5.54 Å². The molecular formula is C17H22N4O3. The summed E-state index contributed by atoms with van der Waals surface area (Å²) in [5, 5.41) is 5.65. The second-order valence-electron chi connectivity index (χ2n) is 6.44. The molecule has 0 aromatic heterocycles. The third-order valence-corrected chi connectivity index (χ3v) is 4.70. The second kappa shape index (κ2) is 6.24. The minimum atomic E-state index is -0.867. The first-order valence-electron chi connectivity index (χ1n) is 8.15. The summed E-state index contributed by atoms with van der Waals surface area (Å²) in [6.45, 7) is 3.23. The number of rotatable bonds is 4. The molecule has 128 valence electrons. The maximum absolute atomic E-state index is 12.2. The van der Waals surface area contributed by atoms with Crippen LogP contribution in [-0.2, 0) is 16.0 Å². The number of carbonyl (C=O) groups excluding carboxylic acids is 3. The lowest BCUT2D eigenvalue weighted by Crippen LogP contribution is -2.49. The Morgan fingerprint density at radius 3 is 2.83 bits per heavy atom. The Morgan fingerprint density at radius 1 is 1.38 bits per heavy atom. The third kappa shape index (κ3) is 2.99. The zero-order chi connectivity index (χ0) is 17.3. The van der Waals surface area contributed by atoms with Gasteiger partial charge in [-0.2, -0.15) is 0 Å². The molecule has 0 saturated carbocycles. The Labute approximate surface area is 141 Å². The number of amides is 4. The maximum atomic E-state index is 12.2. The van der Waals surface area contributed by atoms with E-state index in [1.807, 2.05) is 29.2 Å². The zero-order valence-corrected chi connectivity index (χ0v) is 14.0. The number of nitrogens with one attached hydrogen (secondary N) is 2. The Morgan fingerprint density at radius 2 is 2.17 bits per heavy atom. The van der Waals surface area contributed by atoms with Gasteiger partial charge < -0.3 is 10.6 Å². The zero-order valence-electron chi connectivity index (χ0n) is 14.0. The van der Waals surface area contributed by atoms with Gasteiger partial charge in [0.15, 0.2) is 0 Å². The summed E-state index contributed by atoms with van der Waals surface area (Å²) < 4.78 is 0. The quantitative estimate of drug-likeness (QED) is 0.801. The molecule has 0 radical (unpaired) electrons. The van der Waals surface area contributed by atoms with Crippen LogP contribution in [0.15, 0.2) is 24.3 Å². The van der Waals surface area contributed by atoms with E-state index in [1.165, 1.54) is 7.05 Å². The molecule has 7 nitrogen and oxygen atoms in total. The highest BCUT2D eigenvalue weighted by atomic mass is 16.2. The number of benzene rings is 1. The van der Waals surface area contributed by atoms with Crippen molar-refractivity contribution < 1.29 is 14.4 Å². The van der Waals surface area contributed by atoms with Crippen molar-refractivity contribution in [3.8, 4) is 0 Å². The Bertz CT molecular complexity index is 690. The van der Waals surface area contributed by atoms with Gasteiger partial charge in [-0.05, 0) is 30.5 Å². The number of likely N-dealkylation sites (tertiary alicyclic amines) is 1. The van der Waals surface area contributed by atoms with Crippen molar-refractivity contribution in [3.05, 3.63) is 29.8 Å². The van der Waals surface area contributed by atoms with Crippen LogP contribution in [0, 0.1) is 0 Å². The molecule has 3 rings (SSSR count). The standard InChI is InChI=1S/C17H22N4O3/c1-3-12-5-4-6-13(9-12)18-14(22)10-21-8-7-17(11-21)15(23)20(2)16(24)19-17/h4-6,9H,3,7-8,10-11H2,1-2H3,(H,18,22)(H,19,24)/t17-/m1/s1. The van der Waals surface area contributed by atoms with Gasteiger partial charge in [-0.25, -0.2) is 4.79 Å². The lowest BCUT2D eigenvalue weighted by Gasteiger charge is -2.21. The predicted octanol–water partition coefficient (Wildman–Crippen LogP) is 0.814. The summed E-state index contributed by atoms with van der Waals surface area (Å²) in [4.78, 5) is 39.2. The molecule has 2 heterocycles. The molecule has 2 aliphatic heterocycles. The summed E-state index contributed by atoms with van der Waals surface area (Å²) in [7, 11) is 1.47. The Balaban J connectivity index is 1.58. The van der Waals surface area contributed by atoms with E-state index < -0.39 is 5.54 Å². The largest absolute Gasteiger partial charge is 0.325 e. The molecule has 2 fully saturated rings. The Kier molecular flexibility index (Phi) is 4.28. The molecule has 0 bridgehead atoms. The number of nitrogens with zero attached hydrogens (tertiary/aromatic N) is 2. The SMILES string of the molecule is CCc1cccc(NC(=O)CN2CC[C@]3(C2)NC(=O)N(C)C3=O)c1. The summed E-state index contributed by atoms with van der Waals surface area (Å²) in [5.74, 6) is -0.337. The summed E-state index contributed by atoms with van der Waals surface area (Å²) in [5.41, 5.74) is 1.07. The minimum Gasteiger partial charge on any atom is -0.325 e. The fraction of sp³-hybridized carbons (Fsp3) is 0.471. The van der Waals surface area contributed by atoms with Crippen molar-refractivity contribution in [1.29, 1.82) is 0 Å². The molecule has 1 spiro atoms. The highest BCUT2D eigenvalue weighted by Crippen LogP contribution is 2.27. The van der Waals surface area contributed by atoms with Gasteiger partial charge >= 0.3 is 6.03 Å². The number of imide groups is 1. The van der Waals surface area contributed by atoms with Gasteiger partial charge in [0.05, 0.1) is 6.54 Å². The number of likely N-dealkylation sites (N-methyl/N-ethyl adjacent to an activating group) is 1. The molecular weight excluding hydrogens is 308 g/mol. The van der Waals surface area contributed by atoms with Gasteiger partial charge in [-0.1, -0.05) is 19.1 Å². The first-order valence-corrected chi connectivity index (χ1v) is 8.15. The van der Waals surface area contributed by atoms with Gasteiger partial charge in [-0.3, -0.25) is 19.4 Å². The topological polar surface area (TPSA) is 81.8 Å². The molecule has 0 unspecified atom stereocenters. The average molecular weight is 330 g/mol. The van der Waals surface area contributed by atoms with E-state index in [1.54, 1.807) is 0 Å². The molecule has 2 aliphatic rings. The molecule has 2 saturated heterocycles. The van der Waals surface area contributed by atoms with E-state index in [2.05, 4.69) is 17.6 Å². The molecule has 1 aromatic rings. The van der Waals surface area contributed by atoms with E-state index in [4.69, 9.17) is 0 Å². The summed E-state index contributed by atoms with van der Waals surface area (Å²) in [6.07, 6.45) is 1.44. The van der Waals surface area contributed by atoms with Crippen LogP contribution in [-0.4, -0.2) is 59.9 Å². The second-order valence-corrected chi connectivity index (χ2v) is 6.44. The van der Waals surface area contributed by atoms with Gasteiger partial charge in [-0.15, -0.1) is 0 Å². The van der Waals surface area contributed by atoms with Crippen LogP contribution in [0.4, 0.5) is 10.5 Å². The van der Waals surface area contributed by atoms with E-state index in [0.29, 0.717) is 19.5 Å². The van der Waals surface area contributed by atoms with Crippen molar-refractivity contribution in [1.82, 2.24) is 15.1 Å². The lowest BCUT2D eigenvalue weighted by atomic mass is 9.99. The lowest BCUT2D eigenvalue weighted by molar-refractivity contribution is -0.130. The van der Waals surface area contributed by atoms with Crippen molar-refractivity contribution in [3.63, 3.8) is 0 Å². The minimum absolute atomic E-state index is 0.120. The smallest absolute Gasteiger partial charge is 0.324 e. The molecule has 1 aromatic carbocycles. The fourth-order valence-electron chi connectivity index (χ4n) is 3.33. The van der Waals surface area contributed by atoms with Gasteiger partial charge in [0, 0.05) is 25.8 Å². The molecule has 0 aliphatic carbocycles. The number of carbonyl (C=O) groups is 3. The van der Waals surface area contributed by atoms with E-state index in [0.717, 1.165) is 22.6 Å². The van der Waals surface area contributed by atoms with Crippen molar-refractivity contribution in [2.24, 2.45) is 0 Å². The molecule has 24 heavy (non-hydrogen) atoms. The fourth-order valence-corrected chi connectivity index (χ4v) is 3.33. The summed E-state index contributed by atoms with van der Waals surface area (Å²) in [6, 6.07) is 7.38. The van der Waals surface area contributed by atoms with Crippen molar-refractivity contribution >= 4 is 23.5 Å². The number of hydrogen-bond donors (Lipinski definition) is 2. The number of urea groups is 1. The van der Waals surface area contributed by atoms with Gasteiger partial charge in [0.25, 0.3) is 5.91 Å². The molecule has 4 amide bonds. The molecule has 7 heteroatoms. The van der Waals surface area contributed by atoms with Crippen LogP contribution in [0.25, 0.3) is 0 Å². The van der Waals surface area contributed by atoms with E-state index in [-0.39, 0.29) is 24.4 Å². The molecule has 2 N–H and O–H groups in total. The first kappa shape index (κ1) is 16.4. The normalized spacial score (nSPS) is 23.8. The van der Waals surface area contributed by atoms with Crippen molar-refractivity contribution in [2.75, 3.05) is 32.0 Å².